The van der Waals surface area contributed by atoms with Gasteiger partial charge in [-0.15, -0.1) is 0 Å². The summed E-state index contributed by atoms with van der Waals surface area (Å²) in [6.45, 7) is 2.54. The van der Waals surface area contributed by atoms with Crippen molar-refractivity contribution in [3.63, 3.8) is 0 Å². The van der Waals surface area contributed by atoms with Crippen LogP contribution >= 0.6 is 11.8 Å². The molecule has 2 aliphatic heterocycles. The largest absolute Gasteiger partial charge is 0.472 e. The summed E-state index contributed by atoms with van der Waals surface area (Å²) >= 11 is 6.22. The van der Waals surface area contributed by atoms with E-state index in [1.807, 2.05) is 6.07 Å². The molecule has 0 saturated carbocycles. The van der Waals surface area contributed by atoms with Crippen LogP contribution < -0.4 is 4.74 Å². The number of nitrogens with one attached hydrogen (secondary N) is 1. The monoisotopic (exact) mass is 413 g/mol. The molecule has 2 aromatic heterocycles. The summed E-state index contributed by atoms with van der Waals surface area (Å²) < 4.78 is 28.3. The van der Waals surface area contributed by atoms with E-state index in [1.54, 1.807) is 22.7 Å². The first kappa shape index (κ1) is 18.3. The normalized spacial score (nSPS) is 24.4. The Kier molecular flexibility index (Phi) is 4.59. The Morgan fingerprint density at radius 2 is 2.03 bits per heavy atom. The van der Waals surface area contributed by atoms with Crippen LogP contribution in [0.15, 0.2) is 30.7 Å². The van der Waals surface area contributed by atoms with Gasteiger partial charge in [-0.25, -0.2) is 13.8 Å². The number of halogens is 2. The van der Waals surface area contributed by atoms with Gasteiger partial charge in [-0.2, -0.15) is 10.2 Å². The summed E-state index contributed by atoms with van der Waals surface area (Å²) in [5, 5.41) is 8.95. The maximum absolute atomic E-state index is 14.5. The Morgan fingerprint density at radius 3 is 2.76 bits per heavy atom. The number of hydrogen-bond acceptors (Lipinski definition) is 6. The molecule has 0 spiro atoms. The lowest BCUT2D eigenvalue weighted by Crippen LogP contribution is -2.55. The molecular formula is C20H17ClFN5O2. The summed E-state index contributed by atoms with van der Waals surface area (Å²) in [6.07, 6.45) is 3.04. The number of rotatable bonds is 3. The van der Waals surface area contributed by atoms with Gasteiger partial charge in [0.2, 0.25) is 5.88 Å². The van der Waals surface area contributed by atoms with Crippen LogP contribution in [-0.2, 0) is 4.74 Å². The lowest BCUT2D eigenvalue weighted by Gasteiger charge is -2.44. The topological polar surface area (TPSA) is 87.1 Å². The average Bonchev–Trinajstić information content (AvgIpc) is 3.13. The van der Waals surface area contributed by atoms with Gasteiger partial charge in [0.1, 0.15) is 29.3 Å². The van der Waals surface area contributed by atoms with Crippen LogP contribution in [0.25, 0.3) is 22.2 Å². The van der Waals surface area contributed by atoms with Crippen molar-refractivity contribution in [2.45, 2.75) is 6.10 Å². The molecule has 9 heteroatoms. The summed E-state index contributed by atoms with van der Waals surface area (Å²) in [7, 11) is 0. The molecule has 2 saturated heterocycles. The van der Waals surface area contributed by atoms with Gasteiger partial charge in [0.25, 0.3) is 0 Å². The van der Waals surface area contributed by atoms with E-state index < -0.39 is 5.82 Å². The molecule has 29 heavy (non-hydrogen) atoms. The lowest BCUT2D eigenvalue weighted by atomic mass is 9.86. The first-order valence-electron chi connectivity index (χ1n) is 9.31. The smallest absolute Gasteiger partial charge is 0.241 e. The summed E-state index contributed by atoms with van der Waals surface area (Å²) in [5.74, 6) is 0.248. The first-order valence-corrected chi connectivity index (χ1v) is 9.65. The van der Waals surface area contributed by atoms with Crippen molar-refractivity contribution in [1.29, 1.82) is 5.26 Å². The standard InChI is InChI=1S/C20H17ClFN5O2/c21-27-6-12-8-28-9-13(7-27)19(12)29-20-18-17(25-10-26-20)15(5-24-18)14-2-1-11(4-23)3-16(14)22/h1-3,5,10,12-13,19,24H,6-9H2. The third kappa shape index (κ3) is 3.21. The van der Waals surface area contributed by atoms with Crippen LogP contribution in [0.5, 0.6) is 5.88 Å². The Labute approximate surface area is 171 Å². The van der Waals surface area contributed by atoms with E-state index in [-0.39, 0.29) is 23.5 Å². The molecule has 2 atom stereocenters. The van der Waals surface area contributed by atoms with E-state index in [9.17, 15) is 4.39 Å². The van der Waals surface area contributed by atoms with Crippen LogP contribution in [0, 0.1) is 29.0 Å². The number of nitriles is 1. The minimum atomic E-state index is -0.479. The molecule has 2 bridgehead atoms. The second-order valence-electron chi connectivity index (χ2n) is 7.38. The molecule has 148 valence electrons. The number of H-pyrrole nitrogens is 1. The predicted molar refractivity (Wildman–Crippen MR) is 104 cm³/mol. The van der Waals surface area contributed by atoms with E-state index in [4.69, 9.17) is 26.5 Å². The second-order valence-corrected chi connectivity index (χ2v) is 7.86. The van der Waals surface area contributed by atoms with Crippen LogP contribution in [0.3, 0.4) is 0 Å². The molecule has 1 N–H and O–H groups in total. The van der Waals surface area contributed by atoms with Gasteiger partial charge >= 0.3 is 0 Å². The zero-order valence-corrected chi connectivity index (χ0v) is 16.1. The van der Waals surface area contributed by atoms with Crippen molar-refractivity contribution in [3.05, 3.63) is 42.1 Å². The highest BCUT2D eigenvalue weighted by Crippen LogP contribution is 2.36. The predicted octanol–water partition coefficient (Wildman–Crippen LogP) is 3.12. The molecule has 4 heterocycles. The van der Waals surface area contributed by atoms with E-state index in [1.165, 1.54) is 12.4 Å². The molecule has 3 aromatic rings. The Hall–Kier alpha value is -2.73. The van der Waals surface area contributed by atoms with Gasteiger partial charge in [0.15, 0.2) is 0 Å². The third-order valence-corrected chi connectivity index (χ3v) is 5.80. The fourth-order valence-corrected chi connectivity index (χ4v) is 4.53. The number of aromatic amines is 1. The molecule has 0 radical (unpaired) electrons. The lowest BCUT2D eigenvalue weighted by molar-refractivity contribution is -0.0991. The van der Waals surface area contributed by atoms with Gasteiger partial charge < -0.3 is 14.5 Å². The Balaban J connectivity index is 1.50. The fraction of sp³-hybridized carbons (Fsp3) is 0.350. The molecular weight excluding hydrogens is 397 g/mol. The molecule has 1 aromatic carbocycles. The maximum atomic E-state index is 14.5. The van der Waals surface area contributed by atoms with Crippen molar-refractivity contribution in [2.75, 3.05) is 26.3 Å². The van der Waals surface area contributed by atoms with Crippen LogP contribution in [0.4, 0.5) is 4.39 Å². The second kappa shape index (κ2) is 7.26. The molecule has 2 unspecified atom stereocenters. The van der Waals surface area contributed by atoms with Crippen molar-refractivity contribution >= 4 is 22.8 Å². The van der Waals surface area contributed by atoms with Crippen LogP contribution in [0.2, 0.25) is 0 Å². The Bertz CT molecular complexity index is 1100. The summed E-state index contributed by atoms with van der Waals surface area (Å²) in [4.78, 5) is 11.8. The fourth-order valence-electron chi connectivity index (χ4n) is 4.18. The van der Waals surface area contributed by atoms with E-state index >= 15 is 0 Å². The highest BCUT2D eigenvalue weighted by molar-refractivity contribution is 6.13. The van der Waals surface area contributed by atoms with Crippen molar-refractivity contribution in [3.8, 4) is 23.1 Å². The zero-order valence-electron chi connectivity index (χ0n) is 15.3. The summed E-state index contributed by atoms with van der Waals surface area (Å²) in [5.41, 5.74) is 2.39. The van der Waals surface area contributed by atoms with Crippen LogP contribution in [-0.4, -0.2) is 51.8 Å². The maximum Gasteiger partial charge on any atom is 0.241 e. The number of nitrogens with zero attached hydrogens (tertiary/aromatic N) is 4. The number of ether oxygens (including phenoxy) is 2. The van der Waals surface area contributed by atoms with E-state index in [2.05, 4.69) is 15.0 Å². The molecule has 0 amide bonds. The quantitative estimate of drug-likeness (QED) is 0.664. The third-order valence-electron chi connectivity index (χ3n) is 5.52. The molecule has 0 aliphatic carbocycles. The molecule has 7 nitrogen and oxygen atoms in total. The van der Waals surface area contributed by atoms with Crippen molar-refractivity contribution in [2.24, 2.45) is 11.8 Å². The number of aromatic nitrogens is 3. The molecule has 2 fully saturated rings. The number of fused-ring (bicyclic) bond motifs is 3. The van der Waals surface area contributed by atoms with Gasteiger partial charge in [-0.1, -0.05) is 0 Å². The van der Waals surface area contributed by atoms with Crippen LogP contribution in [0.1, 0.15) is 5.56 Å². The zero-order chi connectivity index (χ0) is 20.0. The Morgan fingerprint density at radius 1 is 1.24 bits per heavy atom. The number of piperidine rings is 1. The summed E-state index contributed by atoms with van der Waals surface area (Å²) in [6, 6.07) is 6.31. The van der Waals surface area contributed by atoms with Gasteiger partial charge in [0.05, 0.1) is 24.8 Å². The van der Waals surface area contributed by atoms with E-state index in [0.29, 0.717) is 54.3 Å². The van der Waals surface area contributed by atoms with Crippen molar-refractivity contribution in [1.82, 2.24) is 19.4 Å². The van der Waals surface area contributed by atoms with Gasteiger partial charge in [-0.05, 0) is 30.0 Å². The SMILES string of the molecule is N#Cc1ccc(-c2c[nH]c3c(OC4C5COCC4CN(Cl)C5)ncnc23)c(F)c1. The minimum Gasteiger partial charge on any atom is -0.472 e. The molecule has 2 aliphatic rings. The minimum absolute atomic E-state index is 0.0600. The van der Waals surface area contributed by atoms with Gasteiger partial charge in [0, 0.05) is 42.2 Å². The number of hydrogen-bond donors (Lipinski definition) is 1. The first-order chi connectivity index (χ1) is 14.1. The van der Waals surface area contributed by atoms with E-state index in [0.717, 1.165) is 0 Å². The van der Waals surface area contributed by atoms with Gasteiger partial charge in [-0.3, -0.25) is 0 Å². The molecule has 5 rings (SSSR count). The highest BCUT2D eigenvalue weighted by Gasteiger charge is 2.42. The number of benzene rings is 1. The average molecular weight is 414 g/mol. The highest BCUT2D eigenvalue weighted by atomic mass is 35.5. The van der Waals surface area contributed by atoms with Crippen molar-refractivity contribution < 1.29 is 13.9 Å².